The Bertz CT molecular complexity index is 454. The van der Waals surface area contributed by atoms with Crippen LogP contribution in [0.15, 0.2) is 4.52 Å². The third-order valence-corrected chi connectivity index (χ3v) is 4.05. The number of esters is 1. The Morgan fingerprint density at radius 3 is 2.71 bits per heavy atom. The standard InChI is InChI=1S/C15H24N2O4/c1-4-20-15(18)10(2)14-16-13(17-21-14)12(19-3)11-8-6-5-7-9-11/h10-12H,4-9H2,1-3H3. The van der Waals surface area contributed by atoms with Gasteiger partial charge in [0.05, 0.1) is 6.61 Å². The van der Waals surface area contributed by atoms with E-state index >= 15 is 0 Å². The highest BCUT2D eigenvalue weighted by molar-refractivity contribution is 5.76. The van der Waals surface area contributed by atoms with E-state index in [-0.39, 0.29) is 12.1 Å². The lowest BCUT2D eigenvalue weighted by Gasteiger charge is -2.26. The van der Waals surface area contributed by atoms with E-state index in [1.54, 1.807) is 21.0 Å². The fourth-order valence-electron chi connectivity index (χ4n) is 2.85. The molecule has 118 valence electrons. The van der Waals surface area contributed by atoms with Crippen LogP contribution in [0.3, 0.4) is 0 Å². The highest BCUT2D eigenvalue weighted by Gasteiger charge is 2.31. The monoisotopic (exact) mass is 296 g/mol. The van der Waals surface area contributed by atoms with E-state index in [1.807, 2.05) is 0 Å². The summed E-state index contributed by atoms with van der Waals surface area (Å²) in [6, 6.07) is 0. The fraction of sp³-hybridized carbons (Fsp3) is 0.800. The third-order valence-electron chi connectivity index (χ3n) is 4.05. The number of ether oxygens (including phenoxy) is 2. The van der Waals surface area contributed by atoms with Crippen LogP contribution in [-0.4, -0.2) is 29.8 Å². The maximum atomic E-state index is 11.7. The van der Waals surface area contributed by atoms with Crippen LogP contribution in [0.2, 0.25) is 0 Å². The minimum Gasteiger partial charge on any atom is -0.465 e. The first-order valence-corrected chi connectivity index (χ1v) is 7.70. The number of nitrogens with zero attached hydrogens (tertiary/aromatic N) is 2. The van der Waals surface area contributed by atoms with Crippen molar-refractivity contribution in [1.29, 1.82) is 0 Å². The molecule has 1 aliphatic rings. The Hall–Kier alpha value is -1.43. The zero-order valence-corrected chi connectivity index (χ0v) is 13.0. The summed E-state index contributed by atoms with van der Waals surface area (Å²) < 4.78 is 15.8. The average Bonchev–Trinajstić information content (AvgIpc) is 2.98. The Labute approximate surface area is 125 Å². The smallest absolute Gasteiger partial charge is 0.318 e. The second-order valence-electron chi connectivity index (χ2n) is 5.52. The minimum atomic E-state index is -0.546. The predicted octanol–water partition coefficient (Wildman–Crippen LogP) is 3.00. The molecule has 1 aliphatic carbocycles. The lowest BCUT2D eigenvalue weighted by atomic mass is 9.85. The lowest BCUT2D eigenvalue weighted by molar-refractivity contribution is -0.145. The average molecular weight is 296 g/mol. The van der Waals surface area contributed by atoms with Gasteiger partial charge in [0.2, 0.25) is 11.7 Å². The van der Waals surface area contributed by atoms with Crippen molar-refractivity contribution in [2.75, 3.05) is 13.7 Å². The van der Waals surface area contributed by atoms with Crippen molar-refractivity contribution in [2.24, 2.45) is 5.92 Å². The SMILES string of the molecule is CCOC(=O)C(C)c1nc(C(OC)C2CCCCC2)no1. The van der Waals surface area contributed by atoms with Gasteiger partial charge in [-0.25, -0.2) is 0 Å². The van der Waals surface area contributed by atoms with Gasteiger partial charge in [0, 0.05) is 7.11 Å². The third kappa shape index (κ3) is 3.81. The highest BCUT2D eigenvalue weighted by atomic mass is 16.5. The number of hydrogen-bond donors (Lipinski definition) is 0. The molecule has 0 N–H and O–H groups in total. The van der Waals surface area contributed by atoms with E-state index in [0.717, 1.165) is 12.8 Å². The van der Waals surface area contributed by atoms with Crippen LogP contribution >= 0.6 is 0 Å². The van der Waals surface area contributed by atoms with Gasteiger partial charge in [-0.3, -0.25) is 4.79 Å². The van der Waals surface area contributed by atoms with Crippen LogP contribution in [-0.2, 0) is 14.3 Å². The summed E-state index contributed by atoms with van der Waals surface area (Å²) in [5, 5.41) is 4.01. The van der Waals surface area contributed by atoms with Gasteiger partial charge in [0.1, 0.15) is 12.0 Å². The van der Waals surface area contributed by atoms with Crippen molar-refractivity contribution in [2.45, 2.75) is 58.0 Å². The van der Waals surface area contributed by atoms with Crippen LogP contribution in [0.5, 0.6) is 0 Å². The summed E-state index contributed by atoms with van der Waals surface area (Å²) in [5.74, 6) is 0.360. The molecule has 2 rings (SSSR count). The number of rotatable bonds is 6. The topological polar surface area (TPSA) is 74.5 Å². The van der Waals surface area contributed by atoms with Crippen LogP contribution in [0, 0.1) is 5.92 Å². The van der Waals surface area contributed by atoms with Crippen LogP contribution in [0.4, 0.5) is 0 Å². The second-order valence-corrected chi connectivity index (χ2v) is 5.52. The molecule has 1 saturated carbocycles. The van der Waals surface area contributed by atoms with E-state index in [0.29, 0.717) is 24.2 Å². The molecule has 0 saturated heterocycles. The van der Waals surface area contributed by atoms with Crippen molar-refractivity contribution >= 4 is 5.97 Å². The first-order chi connectivity index (χ1) is 10.2. The van der Waals surface area contributed by atoms with E-state index in [2.05, 4.69) is 10.1 Å². The van der Waals surface area contributed by atoms with E-state index < -0.39 is 5.92 Å². The summed E-state index contributed by atoms with van der Waals surface area (Å²) >= 11 is 0. The Kier molecular flexibility index (Phi) is 5.73. The second kappa shape index (κ2) is 7.54. The summed E-state index contributed by atoms with van der Waals surface area (Å²) in [6.45, 7) is 3.82. The molecule has 0 spiro atoms. The van der Waals surface area contributed by atoms with Crippen LogP contribution in [0.1, 0.15) is 69.7 Å². The van der Waals surface area contributed by atoms with Crippen molar-refractivity contribution in [3.05, 3.63) is 11.7 Å². The molecule has 0 aliphatic heterocycles. The van der Waals surface area contributed by atoms with E-state index in [4.69, 9.17) is 14.0 Å². The molecule has 6 heteroatoms. The fourth-order valence-corrected chi connectivity index (χ4v) is 2.85. The van der Waals surface area contributed by atoms with Crippen molar-refractivity contribution in [3.63, 3.8) is 0 Å². The highest BCUT2D eigenvalue weighted by Crippen LogP contribution is 2.35. The molecule has 2 atom stereocenters. The molecule has 1 aromatic heterocycles. The molecule has 6 nitrogen and oxygen atoms in total. The predicted molar refractivity (Wildman–Crippen MR) is 75.7 cm³/mol. The number of hydrogen-bond acceptors (Lipinski definition) is 6. The molecular formula is C15H24N2O4. The van der Waals surface area contributed by atoms with Crippen molar-refractivity contribution < 1.29 is 18.8 Å². The molecular weight excluding hydrogens is 272 g/mol. The van der Waals surface area contributed by atoms with Gasteiger partial charge in [0.25, 0.3) is 0 Å². The Balaban J connectivity index is 2.07. The van der Waals surface area contributed by atoms with Crippen LogP contribution < -0.4 is 0 Å². The molecule has 0 aromatic carbocycles. The zero-order chi connectivity index (χ0) is 15.2. The van der Waals surface area contributed by atoms with E-state index in [9.17, 15) is 4.79 Å². The first kappa shape index (κ1) is 15.9. The largest absolute Gasteiger partial charge is 0.465 e. The van der Waals surface area contributed by atoms with Gasteiger partial charge >= 0.3 is 5.97 Å². The van der Waals surface area contributed by atoms with Crippen molar-refractivity contribution in [3.8, 4) is 0 Å². The number of methoxy groups -OCH3 is 1. The molecule has 21 heavy (non-hydrogen) atoms. The minimum absolute atomic E-state index is 0.155. The molecule has 1 fully saturated rings. The van der Waals surface area contributed by atoms with E-state index in [1.165, 1.54) is 19.3 Å². The maximum absolute atomic E-state index is 11.7. The molecule has 1 aromatic rings. The Morgan fingerprint density at radius 1 is 1.38 bits per heavy atom. The Morgan fingerprint density at radius 2 is 2.10 bits per heavy atom. The number of aromatic nitrogens is 2. The number of carbonyl (C=O) groups excluding carboxylic acids is 1. The quantitative estimate of drug-likeness (QED) is 0.751. The van der Waals surface area contributed by atoms with Gasteiger partial charge in [-0.15, -0.1) is 0 Å². The van der Waals surface area contributed by atoms with Gasteiger partial charge in [0.15, 0.2) is 0 Å². The normalized spacial score (nSPS) is 19.2. The molecule has 0 amide bonds. The molecule has 2 unspecified atom stereocenters. The summed E-state index contributed by atoms with van der Waals surface area (Å²) in [6.07, 6.45) is 5.80. The first-order valence-electron chi connectivity index (χ1n) is 7.70. The van der Waals surface area contributed by atoms with Gasteiger partial charge < -0.3 is 14.0 Å². The molecule has 0 radical (unpaired) electrons. The van der Waals surface area contributed by atoms with Gasteiger partial charge in [-0.1, -0.05) is 24.4 Å². The lowest BCUT2D eigenvalue weighted by Crippen LogP contribution is -2.19. The molecule has 0 bridgehead atoms. The van der Waals surface area contributed by atoms with Gasteiger partial charge in [-0.05, 0) is 32.6 Å². The van der Waals surface area contributed by atoms with Crippen molar-refractivity contribution in [1.82, 2.24) is 10.1 Å². The van der Waals surface area contributed by atoms with Gasteiger partial charge in [-0.2, -0.15) is 4.98 Å². The zero-order valence-electron chi connectivity index (χ0n) is 13.0. The maximum Gasteiger partial charge on any atom is 0.318 e. The molecule has 1 heterocycles. The number of carbonyl (C=O) groups is 1. The summed E-state index contributed by atoms with van der Waals surface area (Å²) in [7, 11) is 1.67. The summed E-state index contributed by atoms with van der Waals surface area (Å²) in [5.41, 5.74) is 0. The van der Waals surface area contributed by atoms with Crippen LogP contribution in [0.25, 0.3) is 0 Å². The summed E-state index contributed by atoms with van der Waals surface area (Å²) in [4.78, 5) is 16.1.